The lowest BCUT2D eigenvalue weighted by molar-refractivity contribution is -0.185. The van der Waals surface area contributed by atoms with E-state index in [1.54, 1.807) is 0 Å². The Balaban J connectivity index is 1.68. The lowest BCUT2D eigenvalue weighted by atomic mass is 9.50. The van der Waals surface area contributed by atoms with E-state index in [4.69, 9.17) is 4.74 Å². The summed E-state index contributed by atoms with van der Waals surface area (Å²) in [6.07, 6.45) is 7.54. The molecule has 0 aromatic rings. The number of carbonyl (C=O) groups excluding carboxylic acids is 1. The van der Waals surface area contributed by atoms with Gasteiger partial charge < -0.3 is 14.9 Å². The number of hydrogen-bond donors (Lipinski definition) is 2. The summed E-state index contributed by atoms with van der Waals surface area (Å²) >= 11 is 0. The summed E-state index contributed by atoms with van der Waals surface area (Å²) in [5, 5.41) is 21.7. The zero-order chi connectivity index (χ0) is 17.0. The number of rotatable bonds is 1. The van der Waals surface area contributed by atoms with Gasteiger partial charge in [-0.2, -0.15) is 0 Å². The van der Waals surface area contributed by atoms with E-state index in [9.17, 15) is 15.0 Å². The number of aliphatic hydroxyl groups excluding tert-OH is 1. The second-order valence-corrected chi connectivity index (χ2v) is 9.93. The molecule has 4 saturated carbocycles. The van der Waals surface area contributed by atoms with Crippen molar-refractivity contribution in [2.24, 2.45) is 34.5 Å². The van der Waals surface area contributed by atoms with Crippen LogP contribution in [0.2, 0.25) is 0 Å². The Kier molecular flexibility index (Phi) is 2.85. The average Bonchev–Trinajstić information content (AvgIpc) is 2.83. The van der Waals surface area contributed by atoms with Gasteiger partial charge in [-0.1, -0.05) is 6.92 Å². The van der Waals surface area contributed by atoms with Crippen molar-refractivity contribution < 1.29 is 19.7 Å². The number of ether oxygens (including phenoxy) is 1. The van der Waals surface area contributed by atoms with E-state index in [1.165, 1.54) is 0 Å². The van der Waals surface area contributed by atoms with Gasteiger partial charge in [-0.3, -0.25) is 4.79 Å². The molecule has 1 unspecified atom stereocenters. The van der Waals surface area contributed by atoms with Gasteiger partial charge in [0, 0.05) is 18.4 Å². The third kappa shape index (κ3) is 1.45. The van der Waals surface area contributed by atoms with Crippen LogP contribution in [0.25, 0.3) is 0 Å². The van der Waals surface area contributed by atoms with Crippen molar-refractivity contribution in [3.05, 3.63) is 0 Å². The fraction of sp³-hybridized carbons (Fsp3) is 0.950. The van der Waals surface area contributed by atoms with Gasteiger partial charge in [-0.25, -0.2) is 0 Å². The highest BCUT2D eigenvalue weighted by Crippen LogP contribution is 2.77. The summed E-state index contributed by atoms with van der Waals surface area (Å²) in [6, 6.07) is 0. The molecule has 4 aliphatic carbocycles. The Morgan fingerprint density at radius 1 is 1.21 bits per heavy atom. The minimum absolute atomic E-state index is 0.0247. The first-order valence-electron chi connectivity index (χ1n) is 9.89. The van der Waals surface area contributed by atoms with Crippen molar-refractivity contribution in [3.63, 3.8) is 0 Å². The molecule has 134 valence electrons. The van der Waals surface area contributed by atoms with Crippen molar-refractivity contribution in [1.29, 1.82) is 0 Å². The average molecular weight is 334 g/mol. The summed E-state index contributed by atoms with van der Waals surface area (Å²) in [5.41, 5.74) is -1.42. The quantitative estimate of drug-likeness (QED) is 0.724. The van der Waals surface area contributed by atoms with Crippen LogP contribution in [0.4, 0.5) is 0 Å². The molecular weight excluding hydrogens is 304 g/mol. The van der Waals surface area contributed by atoms with Crippen molar-refractivity contribution in [3.8, 4) is 0 Å². The van der Waals surface area contributed by atoms with E-state index in [-0.39, 0.29) is 35.4 Å². The normalized spacial score (nSPS) is 61.2. The van der Waals surface area contributed by atoms with Crippen LogP contribution in [0, 0.1) is 34.5 Å². The Bertz CT molecular complexity index is 604. The molecule has 4 bridgehead atoms. The molecule has 0 aromatic carbocycles. The Labute approximate surface area is 144 Å². The standard InChI is InChI=1S/C20H30O4/c1-12-4-8-18-11-19(12,23)9-5-14(18)20-7-3-6-17(2,16(22)24-20)15(20)13(18)10-21/h12-15,21,23H,3-11H2,1-2H3/t12?,13-,14+,15+,17+,18+,19-,20+/m0/s1. The van der Waals surface area contributed by atoms with E-state index in [0.29, 0.717) is 11.8 Å². The molecule has 0 amide bonds. The van der Waals surface area contributed by atoms with Gasteiger partial charge in [-0.05, 0) is 75.5 Å². The van der Waals surface area contributed by atoms with E-state index in [2.05, 4.69) is 13.8 Å². The Hall–Kier alpha value is -0.610. The minimum Gasteiger partial charge on any atom is -0.458 e. The molecule has 1 heterocycles. The van der Waals surface area contributed by atoms with Gasteiger partial charge in [0.25, 0.3) is 0 Å². The van der Waals surface area contributed by atoms with Crippen LogP contribution in [0.5, 0.6) is 0 Å². The van der Waals surface area contributed by atoms with Crippen LogP contribution in [-0.2, 0) is 9.53 Å². The molecule has 24 heavy (non-hydrogen) atoms. The van der Waals surface area contributed by atoms with Crippen molar-refractivity contribution in [1.82, 2.24) is 0 Å². The molecule has 5 rings (SSSR count). The number of carbonyl (C=O) groups is 1. The SMILES string of the molecule is CC1CC[C@]23C[C@@]1(O)CC[C@H]2[C@@]12CCC[C@@](C)(C(=O)O1)[C@H]2[C@@H]3CO. The van der Waals surface area contributed by atoms with E-state index < -0.39 is 11.0 Å². The lowest BCUT2D eigenvalue weighted by Crippen LogP contribution is -2.57. The van der Waals surface area contributed by atoms with Crippen LogP contribution in [0.3, 0.4) is 0 Å². The molecule has 5 fully saturated rings. The van der Waals surface area contributed by atoms with Gasteiger partial charge in [0.15, 0.2) is 0 Å². The van der Waals surface area contributed by atoms with Gasteiger partial charge in [0.2, 0.25) is 0 Å². The molecule has 0 radical (unpaired) electrons. The Morgan fingerprint density at radius 3 is 2.75 bits per heavy atom. The molecule has 5 aliphatic rings. The van der Waals surface area contributed by atoms with Crippen LogP contribution in [0.15, 0.2) is 0 Å². The summed E-state index contributed by atoms with van der Waals surface area (Å²) in [4.78, 5) is 12.8. The summed E-state index contributed by atoms with van der Waals surface area (Å²) in [6.45, 7) is 4.38. The highest BCUT2D eigenvalue weighted by Gasteiger charge is 2.80. The smallest absolute Gasteiger partial charge is 0.312 e. The number of fused-ring (bicyclic) bond motifs is 1. The van der Waals surface area contributed by atoms with Gasteiger partial charge in [-0.15, -0.1) is 0 Å². The largest absolute Gasteiger partial charge is 0.458 e. The minimum atomic E-state index is -0.587. The highest BCUT2D eigenvalue weighted by molar-refractivity contribution is 5.81. The van der Waals surface area contributed by atoms with Gasteiger partial charge in [0.05, 0.1) is 11.0 Å². The highest BCUT2D eigenvalue weighted by atomic mass is 16.6. The summed E-state index contributed by atoms with van der Waals surface area (Å²) in [5.74, 6) is 0.865. The fourth-order valence-corrected chi connectivity index (χ4v) is 8.29. The predicted octanol–water partition coefficient (Wildman–Crippen LogP) is 2.66. The summed E-state index contributed by atoms with van der Waals surface area (Å²) < 4.78 is 6.22. The Morgan fingerprint density at radius 2 is 2.00 bits per heavy atom. The molecular formula is C20H30O4. The first kappa shape index (κ1) is 15.6. The zero-order valence-corrected chi connectivity index (χ0v) is 14.9. The summed E-state index contributed by atoms with van der Waals surface area (Å²) in [7, 11) is 0. The third-order valence-corrected chi connectivity index (χ3v) is 9.31. The van der Waals surface area contributed by atoms with Crippen molar-refractivity contribution in [2.45, 2.75) is 76.4 Å². The maximum Gasteiger partial charge on any atom is 0.312 e. The molecule has 8 atom stereocenters. The fourth-order valence-electron chi connectivity index (χ4n) is 8.29. The lowest BCUT2D eigenvalue weighted by Gasteiger charge is -2.57. The molecule has 2 N–H and O–H groups in total. The van der Waals surface area contributed by atoms with Crippen molar-refractivity contribution >= 4 is 5.97 Å². The second-order valence-electron chi connectivity index (χ2n) is 9.93. The van der Waals surface area contributed by atoms with Gasteiger partial charge >= 0.3 is 5.97 Å². The predicted molar refractivity (Wildman–Crippen MR) is 88.0 cm³/mol. The number of hydrogen-bond acceptors (Lipinski definition) is 4. The molecule has 1 aliphatic heterocycles. The first-order valence-corrected chi connectivity index (χ1v) is 9.89. The maximum atomic E-state index is 12.8. The first-order chi connectivity index (χ1) is 11.3. The van der Waals surface area contributed by atoms with Gasteiger partial charge in [0.1, 0.15) is 5.60 Å². The monoisotopic (exact) mass is 334 g/mol. The van der Waals surface area contributed by atoms with E-state index in [1.807, 2.05) is 0 Å². The van der Waals surface area contributed by atoms with Crippen LogP contribution in [0.1, 0.15) is 65.2 Å². The van der Waals surface area contributed by atoms with Crippen LogP contribution < -0.4 is 0 Å². The van der Waals surface area contributed by atoms with Crippen LogP contribution in [-0.4, -0.2) is 34.0 Å². The van der Waals surface area contributed by atoms with E-state index >= 15 is 0 Å². The topological polar surface area (TPSA) is 66.8 Å². The molecule has 0 aromatic heterocycles. The molecule has 1 saturated heterocycles. The number of aliphatic hydroxyl groups is 2. The second kappa shape index (κ2) is 4.37. The third-order valence-electron chi connectivity index (χ3n) is 9.31. The van der Waals surface area contributed by atoms with E-state index in [0.717, 1.165) is 51.4 Å². The molecule has 1 spiro atoms. The zero-order valence-electron chi connectivity index (χ0n) is 14.9. The molecule has 4 nitrogen and oxygen atoms in total. The molecule has 4 heteroatoms. The van der Waals surface area contributed by atoms with Crippen molar-refractivity contribution in [2.75, 3.05) is 6.61 Å². The maximum absolute atomic E-state index is 12.8. The number of esters is 1. The van der Waals surface area contributed by atoms with Crippen LogP contribution >= 0.6 is 0 Å².